The van der Waals surface area contributed by atoms with Gasteiger partial charge in [-0.05, 0) is 93.5 Å². The van der Waals surface area contributed by atoms with E-state index in [1.54, 1.807) is 0 Å². The van der Waals surface area contributed by atoms with Crippen molar-refractivity contribution in [3.05, 3.63) is 303 Å². The molecule has 3 aromatic heterocycles. The van der Waals surface area contributed by atoms with E-state index in [9.17, 15) is 0 Å². The van der Waals surface area contributed by atoms with Crippen LogP contribution >= 0.6 is 7.14 Å². The molecule has 15 rings (SSSR count). The third kappa shape index (κ3) is 6.95. The standard InChI is InChI=1S/C72H50N3OPSi/c76-77(54-21-5-1-6-22-54,55-23-7-2-8-24-55)56-41-45-60(46-42-56)78(57-25-9-3-10-26-57,58-27-11-4-12-28-58)59-43-37-51(38-44-59)73-71-47-39-52(74-67-33-17-13-29-61(67)62-30-14-18-34-68(62)74)49-65(71)66-50-53(40-48-72(66)73)75-69-35-19-15-31-63(69)64-32-16-20-36-70(64)75/h1-50H. The maximum Gasteiger partial charge on any atom is 0.179 e. The Morgan fingerprint density at radius 1 is 0.231 bits per heavy atom. The molecule has 0 fully saturated rings. The first-order valence-corrected chi connectivity index (χ1v) is 30.4. The van der Waals surface area contributed by atoms with Crippen LogP contribution in [0.4, 0.5) is 0 Å². The fourth-order valence-corrected chi connectivity index (χ4v) is 20.2. The average Bonchev–Trinajstić information content (AvgIpc) is 4.17. The van der Waals surface area contributed by atoms with E-state index in [1.807, 2.05) is 60.7 Å². The Morgan fingerprint density at radius 2 is 0.500 bits per heavy atom. The first-order valence-electron chi connectivity index (χ1n) is 26.7. The largest absolute Gasteiger partial charge is 0.309 e. The molecule has 0 aliphatic rings. The Hall–Kier alpha value is -9.51. The first-order chi connectivity index (χ1) is 38.6. The predicted molar refractivity (Wildman–Crippen MR) is 332 cm³/mol. The van der Waals surface area contributed by atoms with Gasteiger partial charge in [-0.25, -0.2) is 0 Å². The second-order valence-electron chi connectivity index (χ2n) is 20.3. The molecule has 0 saturated heterocycles. The maximum atomic E-state index is 15.7. The van der Waals surface area contributed by atoms with Gasteiger partial charge < -0.3 is 18.3 Å². The quantitative estimate of drug-likeness (QED) is 0.0763. The smallest absolute Gasteiger partial charge is 0.179 e. The molecular weight excluding hydrogens is 982 g/mol. The van der Waals surface area contributed by atoms with Gasteiger partial charge in [0.05, 0.1) is 33.1 Å². The van der Waals surface area contributed by atoms with Crippen molar-refractivity contribution in [1.82, 2.24) is 13.7 Å². The van der Waals surface area contributed by atoms with Crippen LogP contribution in [0.1, 0.15) is 0 Å². The van der Waals surface area contributed by atoms with E-state index in [0.717, 1.165) is 44.0 Å². The lowest BCUT2D eigenvalue weighted by atomic mass is 10.1. The molecule has 15 aromatic rings. The molecule has 0 bridgehead atoms. The minimum absolute atomic E-state index is 0.817. The summed E-state index contributed by atoms with van der Waals surface area (Å²) in [6.07, 6.45) is 0. The predicted octanol–water partition coefficient (Wildman–Crippen LogP) is 14.0. The summed E-state index contributed by atoms with van der Waals surface area (Å²) in [7, 11) is -6.24. The molecule has 0 aliphatic heterocycles. The number of benzene rings is 12. The summed E-state index contributed by atoms with van der Waals surface area (Å²) < 4.78 is 23.0. The van der Waals surface area contributed by atoms with Crippen LogP contribution in [-0.4, -0.2) is 21.8 Å². The van der Waals surface area contributed by atoms with Crippen LogP contribution in [-0.2, 0) is 4.57 Å². The van der Waals surface area contributed by atoms with Gasteiger partial charge in [0, 0.05) is 65.3 Å². The Kier molecular flexibility index (Phi) is 10.8. The number of nitrogens with zero attached hydrogens (tertiary/aromatic N) is 3. The molecule has 0 unspecified atom stereocenters. The van der Waals surface area contributed by atoms with E-state index < -0.39 is 15.2 Å². The van der Waals surface area contributed by atoms with Gasteiger partial charge in [-0.2, -0.15) is 0 Å². The van der Waals surface area contributed by atoms with E-state index >= 15 is 4.57 Å². The van der Waals surface area contributed by atoms with Crippen LogP contribution in [0.2, 0.25) is 0 Å². The van der Waals surface area contributed by atoms with Gasteiger partial charge in [0.25, 0.3) is 0 Å². The molecule has 0 spiro atoms. The molecule has 12 aromatic carbocycles. The lowest BCUT2D eigenvalue weighted by Crippen LogP contribution is -2.74. The monoisotopic (exact) mass is 1030 g/mol. The molecule has 4 nitrogen and oxygen atoms in total. The zero-order valence-corrected chi connectivity index (χ0v) is 44.5. The summed E-state index contributed by atoms with van der Waals surface area (Å²) in [6.45, 7) is 0. The van der Waals surface area contributed by atoms with E-state index in [1.165, 1.54) is 75.1 Å². The fourth-order valence-electron chi connectivity index (χ4n) is 12.8. The average molecular weight is 1030 g/mol. The second kappa shape index (κ2) is 18.4. The summed E-state index contributed by atoms with van der Waals surface area (Å²) in [6, 6.07) is 109. The van der Waals surface area contributed by atoms with E-state index in [4.69, 9.17) is 0 Å². The maximum absolute atomic E-state index is 15.7. The lowest BCUT2D eigenvalue weighted by molar-refractivity contribution is 0.592. The van der Waals surface area contributed by atoms with Crippen molar-refractivity contribution in [2.45, 2.75) is 0 Å². The van der Waals surface area contributed by atoms with E-state index in [0.29, 0.717) is 0 Å². The van der Waals surface area contributed by atoms with Gasteiger partial charge in [-0.3, -0.25) is 0 Å². The van der Waals surface area contributed by atoms with E-state index in [2.05, 4.69) is 256 Å². The van der Waals surface area contributed by atoms with Crippen LogP contribution in [0.15, 0.2) is 303 Å². The van der Waals surface area contributed by atoms with Crippen LogP contribution < -0.4 is 36.7 Å². The number of para-hydroxylation sites is 4. The van der Waals surface area contributed by atoms with Gasteiger partial charge in [0.2, 0.25) is 0 Å². The summed E-state index contributed by atoms with van der Waals surface area (Å²) in [5.41, 5.74) is 10.3. The van der Waals surface area contributed by atoms with Gasteiger partial charge in [-0.15, -0.1) is 0 Å². The Morgan fingerprint density at radius 3 is 0.885 bits per heavy atom. The normalized spacial score (nSPS) is 12.2. The highest BCUT2D eigenvalue weighted by Crippen LogP contribution is 2.43. The highest BCUT2D eigenvalue weighted by Gasteiger charge is 2.42. The number of hydrogen-bond donors (Lipinski definition) is 0. The van der Waals surface area contributed by atoms with Crippen molar-refractivity contribution in [2.75, 3.05) is 0 Å². The molecule has 0 radical (unpaired) electrons. The summed E-state index contributed by atoms with van der Waals surface area (Å²) in [5.74, 6) is 0. The number of fused-ring (bicyclic) bond motifs is 9. The van der Waals surface area contributed by atoms with Crippen LogP contribution in [0.5, 0.6) is 0 Å². The summed E-state index contributed by atoms with van der Waals surface area (Å²) in [4.78, 5) is 0. The van der Waals surface area contributed by atoms with Crippen molar-refractivity contribution in [3.8, 4) is 17.1 Å². The second-order valence-corrected chi connectivity index (χ2v) is 26.9. The molecular formula is C72H50N3OPSi. The molecule has 368 valence electrons. The fraction of sp³-hybridized carbons (Fsp3) is 0. The Bertz CT molecular complexity index is 4440. The number of hydrogen-bond acceptors (Lipinski definition) is 1. The Labute approximate surface area is 453 Å². The number of rotatable bonds is 10. The first kappa shape index (κ1) is 45.8. The van der Waals surface area contributed by atoms with Gasteiger partial charge in [0.1, 0.15) is 0 Å². The topological polar surface area (TPSA) is 31.9 Å². The van der Waals surface area contributed by atoms with Crippen LogP contribution in [0, 0.1) is 0 Å². The summed E-state index contributed by atoms with van der Waals surface area (Å²) in [5, 5.41) is 14.8. The van der Waals surface area contributed by atoms with Gasteiger partial charge in [0.15, 0.2) is 15.2 Å². The van der Waals surface area contributed by atoms with Crippen molar-refractivity contribution < 1.29 is 4.57 Å². The van der Waals surface area contributed by atoms with Gasteiger partial charge in [-0.1, -0.05) is 231 Å². The number of aromatic nitrogens is 3. The molecule has 0 atom stereocenters. The van der Waals surface area contributed by atoms with Gasteiger partial charge >= 0.3 is 0 Å². The molecule has 0 N–H and O–H groups in total. The molecule has 6 heteroatoms. The zero-order valence-electron chi connectivity index (χ0n) is 42.6. The van der Waals surface area contributed by atoms with Crippen molar-refractivity contribution in [2.24, 2.45) is 0 Å². The van der Waals surface area contributed by atoms with Crippen molar-refractivity contribution in [3.63, 3.8) is 0 Å². The highest BCUT2D eigenvalue weighted by atomic mass is 31.2. The molecule has 78 heavy (non-hydrogen) atoms. The molecule has 0 saturated carbocycles. The minimum Gasteiger partial charge on any atom is -0.309 e. The van der Waals surface area contributed by atoms with Crippen LogP contribution in [0.3, 0.4) is 0 Å². The molecule has 3 heterocycles. The van der Waals surface area contributed by atoms with Crippen molar-refractivity contribution in [1.29, 1.82) is 0 Å². The Balaban J connectivity index is 0.938. The summed E-state index contributed by atoms with van der Waals surface area (Å²) >= 11 is 0. The minimum atomic E-state index is -3.21. The zero-order chi connectivity index (χ0) is 51.8. The third-order valence-electron chi connectivity index (χ3n) is 16.3. The third-order valence-corrected chi connectivity index (χ3v) is 24.2. The van der Waals surface area contributed by atoms with Crippen LogP contribution in [0.25, 0.3) is 82.5 Å². The molecule has 0 aliphatic carbocycles. The van der Waals surface area contributed by atoms with E-state index in [-0.39, 0.29) is 0 Å². The SMILES string of the molecule is O=P(c1ccccc1)(c1ccccc1)c1ccc([Si](c2ccccc2)(c2ccccc2)c2ccc(-n3c4ccc(-n5c6ccccc6c6ccccc65)cc4c4cc(-n5c6ccccc6c6ccccc65)ccc43)cc2)cc1. The lowest BCUT2D eigenvalue weighted by Gasteiger charge is -2.35. The molecule has 0 amide bonds. The van der Waals surface area contributed by atoms with Crippen molar-refractivity contribution >= 4 is 117 Å². The highest BCUT2D eigenvalue weighted by molar-refractivity contribution is 7.85.